The summed E-state index contributed by atoms with van der Waals surface area (Å²) >= 11 is 0. The Morgan fingerprint density at radius 2 is 2.07 bits per heavy atom. The molecule has 0 aromatic carbocycles. The fraction of sp³-hybridized carbons (Fsp3) is 0.600. The highest BCUT2D eigenvalue weighted by Crippen LogP contribution is 2.03. The Morgan fingerprint density at radius 1 is 1.53 bits per heavy atom. The van der Waals surface area contributed by atoms with Crippen LogP contribution in [0.3, 0.4) is 0 Å². The summed E-state index contributed by atoms with van der Waals surface area (Å²) in [6.07, 6.45) is 5.08. The van der Waals surface area contributed by atoms with Crippen LogP contribution >= 0.6 is 0 Å². The molecule has 2 N–H and O–H groups in total. The molecule has 0 spiro atoms. The first-order valence-electron chi connectivity index (χ1n) is 4.59. The minimum absolute atomic E-state index is 0.165. The molecule has 0 saturated carbocycles. The van der Waals surface area contributed by atoms with E-state index in [1.165, 1.54) is 18.7 Å². The first kappa shape index (κ1) is 13.3. The van der Waals surface area contributed by atoms with Gasteiger partial charge in [0.05, 0.1) is 6.54 Å². The molecule has 0 aromatic rings. The number of aliphatic carboxylic acids is 1. The number of carboxylic acid groups (broad SMARTS) is 1. The third kappa shape index (κ3) is 3.90. The molecule has 84 valence electrons. The van der Waals surface area contributed by atoms with E-state index in [9.17, 15) is 9.59 Å². The molecule has 0 aliphatic carbocycles. The van der Waals surface area contributed by atoms with Gasteiger partial charge in [0, 0.05) is 6.54 Å². The number of rotatable bonds is 4. The minimum atomic E-state index is -1.29. The molecule has 0 saturated heterocycles. The van der Waals surface area contributed by atoms with E-state index in [4.69, 9.17) is 11.5 Å². The van der Waals surface area contributed by atoms with Gasteiger partial charge in [0.25, 0.3) is 0 Å². The predicted molar refractivity (Wildman–Crippen MR) is 56.3 cm³/mol. The largest absolute Gasteiger partial charge is 0.480 e. The summed E-state index contributed by atoms with van der Waals surface area (Å²) in [6.45, 7) is 5.20. The van der Waals surface area contributed by atoms with Crippen LogP contribution in [0.15, 0.2) is 0 Å². The molecule has 0 radical (unpaired) electrons. The number of carboxylic acids is 1. The second kappa shape index (κ2) is 5.25. The van der Waals surface area contributed by atoms with E-state index in [-0.39, 0.29) is 6.54 Å². The lowest BCUT2D eigenvalue weighted by molar-refractivity contribution is -0.143. The van der Waals surface area contributed by atoms with Crippen molar-refractivity contribution < 1.29 is 14.7 Å². The van der Waals surface area contributed by atoms with Crippen LogP contribution in [0.25, 0.3) is 0 Å². The van der Waals surface area contributed by atoms with E-state index in [0.717, 1.165) is 0 Å². The zero-order valence-electron chi connectivity index (χ0n) is 9.20. The zero-order chi connectivity index (χ0) is 12.1. The van der Waals surface area contributed by atoms with Crippen molar-refractivity contribution in [2.45, 2.75) is 26.3 Å². The van der Waals surface area contributed by atoms with Crippen molar-refractivity contribution in [2.24, 2.45) is 0 Å². The lowest BCUT2D eigenvalue weighted by Crippen LogP contribution is -2.54. The molecule has 0 fully saturated rings. The number of hydrogen-bond donors (Lipinski definition) is 2. The Balaban J connectivity index is 4.48. The van der Waals surface area contributed by atoms with Gasteiger partial charge in [-0.1, -0.05) is 5.92 Å². The Labute approximate surface area is 89.4 Å². The van der Waals surface area contributed by atoms with Crippen molar-refractivity contribution in [3.8, 4) is 12.3 Å². The fourth-order valence-corrected chi connectivity index (χ4v) is 0.837. The van der Waals surface area contributed by atoms with E-state index < -0.39 is 17.5 Å². The number of carbonyl (C=O) groups is 2. The Morgan fingerprint density at radius 3 is 2.40 bits per heavy atom. The first-order valence-corrected chi connectivity index (χ1v) is 4.59. The number of amides is 2. The highest BCUT2D eigenvalue weighted by Gasteiger charge is 2.30. The van der Waals surface area contributed by atoms with Crippen LogP contribution in [-0.4, -0.2) is 40.6 Å². The van der Waals surface area contributed by atoms with E-state index >= 15 is 0 Å². The Hall–Kier alpha value is -1.70. The van der Waals surface area contributed by atoms with Gasteiger partial charge in [-0.05, 0) is 20.8 Å². The molecule has 0 atom stereocenters. The van der Waals surface area contributed by atoms with Crippen LogP contribution < -0.4 is 5.32 Å². The third-order valence-electron chi connectivity index (χ3n) is 1.91. The van der Waals surface area contributed by atoms with E-state index in [0.29, 0.717) is 6.54 Å². The maximum Gasteiger partial charge on any atom is 0.328 e. The molecule has 0 unspecified atom stereocenters. The lowest BCUT2D eigenvalue weighted by atomic mass is 10.1. The number of hydrogen-bond acceptors (Lipinski definition) is 2. The standard InChI is InChI=1S/C10H16N2O3/c1-5-7-12(6-2)9(15)11-10(3,4)8(13)14/h1H,6-7H2,2-4H3,(H,11,15)(H,13,14). The van der Waals surface area contributed by atoms with E-state index in [1.54, 1.807) is 6.92 Å². The maximum absolute atomic E-state index is 11.5. The quantitative estimate of drug-likeness (QED) is 0.667. The van der Waals surface area contributed by atoms with Gasteiger partial charge in [0.15, 0.2) is 0 Å². The van der Waals surface area contributed by atoms with E-state index in [1.807, 2.05) is 0 Å². The Bertz CT molecular complexity index is 292. The fourth-order valence-electron chi connectivity index (χ4n) is 0.837. The summed E-state index contributed by atoms with van der Waals surface area (Å²) in [6, 6.07) is -0.470. The van der Waals surface area contributed by atoms with Crippen LogP contribution in [0.1, 0.15) is 20.8 Å². The van der Waals surface area contributed by atoms with Gasteiger partial charge in [-0.15, -0.1) is 6.42 Å². The second-order valence-corrected chi connectivity index (χ2v) is 3.58. The van der Waals surface area contributed by atoms with Crippen LogP contribution in [0.2, 0.25) is 0 Å². The molecule has 0 heterocycles. The van der Waals surface area contributed by atoms with Gasteiger partial charge < -0.3 is 15.3 Å². The average Bonchev–Trinajstić information content (AvgIpc) is 2.12. The van der Waals surface area contributed by atoms with Crippen molar-refractivity contribution in [2.75, 3.05) is 13.1 Å². The Kier molecular flexibility index (Phi) is 4.65. The van der Waals surface area contributed by atoms with Gasteiger partial charge in [-0.2, -0.15) is 0 Å². The monoisotopic (exact) mass is 212 g/mol. The number of terminal acetylenes is 1. The van der Waals surface area contributed by atoms with Gasteiger partial charge in [-0.3, -0.25) is 0 Å². The van der Waals surface area contributed by atoms with Gasteiger partial charge >= 0.3 is 12.0 Å². The molecule has 0 aromatic heterocycles. The predicted octanol–water partition coefficient (Wildman–Crippen LogP) is 0.514. The molecule has 0 rings (SSSR count). The average molecular weight is 212 g/mol. The summed E-state index contributed by atoms with van der Waals surface area (Å²) in [5, 5.41) is 11.2. The summed E-state index contributed by atoms with van der Waals surface area (Å²) in [5.41, 5.74) is -1.29. The molecule has 5 heteroatoms. The molecule has 0 bridgehead atoms. The number of nitrogens with zero attached hydrogens (tertiary/aromatic N) is 1. The first-order chi connectivity index (χ1) is 6.85. The topological polar surface area (TPSA) is 69.6 Å². The lowest BCUT2D eigenvalue weighted by Gasteiger charge is -2.26. The van der Waals surface area contributed by atoms with Crippen molar-refractivity contribution in [3.63, 3.8) is 0 Å². The van der Waals surface area contributed by atoms with Crippen molar-refractivity contribution in [3.05, 3.63) is 0 Å². The molecule has 0 aliphatic heterocycles. The van der Waals surface area contributed by atoms with Crippen LogP contribution in [-0.2, 0) is 4.79 Å². The summed E-state index contributed by atoms with van der Waals surface area (Å²) in [7, 11) is 0. The molecule has 2 amide bonds. The number of carbonyl (C=O) groups excluding carboxylic acids is 1. The molecular weight excluding hydrogens is 196 g/mol. The van der Waals surface area contributed by atoms with Crippen molar-refractivity contribution >= 4 is 12.0 Å². The van der Waals surface area contributed by atoms with Crippen LogP contribution in [0.5, 0.6) is 0 Å². The highest BCUT2D eigenvalue weighted by molar-refractivity contribution is 5.85. The molecular formula is C10H16N2O3. The minimum Gasteiger partial charge on any atom is -0.480 e. The number of nitrogens with one attached hydrogen (secondary N) is 1. The number of urea groups is 1. The zero-order valence-corrected chi connectivity index (χ0v) is 9.20. The third-order valence-corrected chi connectivity index (χ3v) is 1.91. The van der Waals surface area contributed by atoms with Crippen molar-refractivity contribution in [1.82, 2.24) is 10.2 Å². The van der Waals surface area contributed by atoms with Crippen LogP contribution in [0, 0.1) is 12.3 Å². The molecule has 0 aliphatic rings. The highest BCUT2D eigenvalue weighted by atomic mass is 16.4. The summed E-state index contributed by atoms with van der Waals surface area (Å²) < 4.78 is 0. The molecule has 5 nitrogen and oxygen atoms in total. The normalized spacial score (nSPS) is 10.3. The van der Waals surface area contributed by atoms with Gasteiger partial charge in [0.1, 0.15) is 5.54 Å². The van der Waals surface area contributed by atoms with Gasteiger partial charge in [-0.25, -0.2) is 9.59 Å². The summed E-state index contributed by atoms with van der Waals surface area (Å²) in [4.78, 5) is 23.6. The SMILES string of the molecule is C#CCN(CC)C(=O)NC(C)(C)C(=O)O. The maximum atomic E-state index is 11.5. The second-order valence-electron chi connectivity index (χ2n) is 3.58. The molecule has 15 heavy (non-hydrogen) atoms. The van der Waals surface area contributed by atoms with Gasteiger partial charge in [0.2, 0.25) is 0 Å². The van der Waals surface area contributed by atoms with Crippen molar-refractivity contribution in [1.29, 1.82) is 0 Å². The van der Waals surface area contributed by atoms with E-state index in [2.05, 4.69) is 11.2 Å². The van der Waals surface area contributed by atoms with Crippen LogP contribution in [0.4, 0.5) is 4.79 Å². The summed E-state index contributed by atoms with van der Waals surface area (Å²) in [5.74, 6) is 1.24. The smallest absolute Gasteiger partial charge is 0.328 e.